The van der Waals surface area contributed by atoms with E-state index in [1.807, 2.05) is 0 Å². The third kappa shape index (κ3) is 7.38. The maximum Gasteiger partial charge on any atom is 0.416 e. The van der Waals surface area contributed by atoms with Gasteiger partial charge in [-0.25, -0.2) is 4.99 Å². The number of benzene rings is 1. The van der Waals surface area contributed by atoms with E-state index in [2.05, 4.69) is 15.6 Å². The van der Waals surface area contributed by atoms with Crippen molar-refractivity contribution in [2.45, 2.75) is 38.1 Å². The fraction of sp³-hybridized carbons (Fsp3) is 0.579. The second kappa shape index (κ2) is 10.3. The van der Waals surface area contributed by atoms with Gasteiger partial charge in [-0.3, -0.25) is 4.79 Å². The molecule has 2 N–H and O–H groups in total. The van der Waals surface area contributed by atoms with Gasteiger partial charge < -0.3 is 20.3 Å². The Morgan fingerprint density at radius 1 is 1.29 bits per heavy atom. The molecule has 0 radical (unpaired) electrons. The van der Waals surface area contributed by atoms with E-state index < -0.39 is 11.7 Å². The first-order valence-electron chi connectivity index (χ1n) is 9.26. The number of nitrogens with zero attached hydrogens (tertiary/aromatic N) is 2. The van der Waals surface area contributed by atoms with E-state index >= 15 is 0 Å². The molecule has 0 bridgehead atoms. The number of guanidine groups is 1. The monoisotopic (exact) mass is 400 g/mol. The zero-order chi connectivity index (χ0) is 20.6. The van der Waals surface area contributed by atoms with Crippen LogP contribution < -0.4 is 10.6 Å². The fourth-order valence-electron chi connectivity index (χ4n) is 2.69. The van der Waals surface area contributed by atoms with Crippen LogP contribution in [0.3, 0.4) is 0 Å². The normalized spacial score (nSPS) is 17.9. The highest BCUT2D eigenvalue weighted by Crippen LogP contribution is 2.29. The highest BCUT2D eigenvalue weighted by Gasteiger charge is 2.30. The standard InChI is InChI=1S/C19H27F3N4O2/c1-26(2)17(27)13-25-18(24-12-16-8-3-4-9-28-16)23-11-14-6-5-7-15(10-14)19(20,21)22/h5-7,10,16H,3-4,8-9,11-13H2,1-2H3,(H2,23,24,25). The predicted octanol–water partition coefficient (Wildman–Crippen LogP) is 2.40. The number of aliphatic imine (C=N–C) groups is 1. The fourth-order valence-corrected chi connectivity index (χ4v) is 2.69. The zero-order valence-corrected chi connectivity index (χ0v) is 16.2. The molecule has 0 spiro atoms. The van der Waals surface area contributed by atoms with Gasteiger partial charge in [-0.15, -0.1) is 0 Å². The lowest BCUT2D eigenvalue weighted by Gasteiger charge is -2.24. The molecule has 9 heteroatoms. The minimum absolute atomic E-state index is 0.0347. The Morgan fingerprint density at radius 2 is 2.07 bits per heavy atom. The summed E-state index contributed by atoms with van der Waals surface area (Å²) in [5.74, 6) is 0.226. The highest BCUT2D eigenvalue weighted by molar-refractivity contribution is 5.86. The smallest absolute Gasteiger partial charge is 0.376 e. The summed E-state index contributed by atoms with van der Waals surface area (Å²) in [6.07, 6.45) is -1.27. The number of amides is 1. The van der Waals surface area contributed by atoms with Crippen molar-refractivity contribution in [2.24, 2.45) is 4.99 Å². The Kier molecular flexibility index (Phi) is 8.10. The number of hydrogen-bond acceptors (Lipinski definition) is 3. The van der Waals surface area contributed by atoms with E-state index in [-0.39, 0.29) is 25.1 Å². The van der Waals surface area contributed by atoms with Crippen LogP contribution in [-0.4, -0.2) is 56.7 Å². The van der Waals surface area contributed by atoms with Crippen molar-refractivity contribution in [3.8, 4) is 0 Å². The molecular weight excluding hydrogens is 373 g/mol. The molecule has 1 atom stereocenters. The van der Waals surface area contributed by atoms with Crippen LogP contribution in [0.5, 0.6) is 0 Å². The van der Waals surface area contributed by atoms with Crippen molar-refractivity contribution >= 4 is 11.9 Å². The van der Waals surface area contributed by atoms with Crippen LogP contribution in [0.15, 0.2) is 29.3 Å². The zero-order valence-electron chi connectivity index (χ0n) is 16.2. The van der Waals surface area contributed by atoms with Crippen LogP contribution in [-0.2, 0) is 22.3 Å². The highest BCUT2D eigenvalue weighted by atomic mass is 19.4. The Labute approximate surface area is 163 Å². The summed E-state index contributed by atoms with van der Waals surface area (Å²) < 4.78 is 44.2. The Morgan fingerprint density at radius 3 is 2.71 bits per heavy atom. The maximum absolute atomic E-state index is 12.9. The molecule has 1 fully saturated rings. The second-order valence-corrected chi connectivity index (χ2v) is 6.87. The van der Waals surface area contributed by atoms with E-state index in [1.165, 1.54) is 11.0 Å². The van der Waals surface area contributed by atoms with Gasteiger partial charge in [0, 0.05) is 27.2 Å². The van der Waals surface area contributed by atoms with Crippen molar-refractivity contribution in [3.05, 3.63) is 35.4 Å². The molecule has 2 rings (SSSR count). The van der Waals surface area contributed by atoms with E-state index in [0.717, 1.165) is 38.0 Å². The molecular formula is C19H27F3N4O2. The molecule has 156 valence electrons. The molecule has 1 aliphatic heterocycles. The van der Waals surface area contributed by atoms with Gasteiger partial charge in [0.05, 0.1) is 24.8 Å². The first-order chi connectivity index (χ1) is 13.3. The average Bonchev–Trinajstić information content (AvgIpc) is 2.67. The Hall–Kier alpha value is -2.29. The summed E-state index contributed by atoms with van der Waals surface area (Å²) in [6.45, 7) is 1.33. The van der Waals surface area contributed by atoms with Gasteiger partial charge in [0.1, 0.15) is 0 Å². The summed E-state index contributed by atoms with van der Waals surface area (Å²) in [5.41, 5.74) is -0.273. The van der Waals surface area contributed by atoms with Gasteiger partial charge in [-0.1, -0.05) is 12.1 Å². The van der Waals surface area contributed by atoms with Gasteiger partial charge in [0.15, 0.2) is 5.96 Å². The SMILES string of the molecule is CN(C)C(=O)CNC(=NCc1cccc(C(F)(F)F)c1)NCC1CCCCO1. The number of ether oxygens (including phenoxy) is 1. The Bertz CT molecular complexity index is 671. The molecule has 6 nitrogen and oxygen atoms in total. The summed E-state index contributed by atoms with van der Waals surface area (Å²) in [7, 11) is 3.29. The van der Waals surface area contributed by atoms with Crippen LogP contribution in [0.4, 0.5) is 13.2 Å². The first-order valence-corrected chi connectivity index (χ1v) is 9.26. The topological polar surface area (TPSA) is 66.0 Å². The molecule has 1 heterocycles. The van der Waals surface area contributed by atoms with Crippen LogP contribution >= 0.6 is 0 Å². The van der Waals surface area contributed by atoms with Gasteiger partial charge >= 0.3 is 6.18 Å². The van der Waals surface area contributed by atoms with Crippen molar-refractivity contribution in [1.29, 1.82) is 0 Å². The van der Waals surface area contributed by atoms with Crippen LogP contribution in [0, 0.1) is 0 Å². The predicted molar refractivity (Wildman–Crippen MR) is 101 cm³/mol. The maximum atomic E-state index is 12.9. The lowest BCUT2D eigenvalue weighted by atomic mass is 10.1. The summed E-state index contributed by atoms with van der Waals surface area (Å²) >= 11 is 0. The van der Waals surface area contributed by atoms with Gasteiger partial charge in [-0.2, -0.15) is 13.2 Å². The number of carbonyl (C=O) groups is 1. The van der Waals surface area contributed by atoms with Gasteiger partial charge in [0.2, 0.25) is 5.91 Å². The quantitative estimate of drug-likeness (QED) is 0.569. The minimum atomic E-state index is -4.39. The number of likely N-dealkylation sites (N-methyl/N-ethyl adjacent to an activating group) is 1. The van der Waals surface area contributed by atoms with Crippen molar-refractivity contribution in [3.63, 3.8) is 0 Å². The summed E-state index contributed by atoms with van der Waals surface area (Å²) in [4.78, 5) is 17.6. The molecule has 1 unspecified atom stereocenters. The number of halogens is 3. The number of hydrogen-bond donors (Lipinski definition) is 2. The number of rotatable bonds is 6. The average molecular weight is 400 g/mol. The van der Waals surface area contributed by atoms with Crippen LogP contribution in [0.25, 0.3) is 0 Å². The summed E-state index contributed by atoms with van der Waals surface area (Å²) in [6, 6.07) is 5.06. The van der Waals surface area contributed by atoms with Crippen molar-refractivity contribution < 1.29 is 22.7 Å². The van der Waals surface area contributed by atoms with Crippen LogP contribution in [0.1, 0.15) is 30.4 Å². The summed E-state index contributed by atoms with van der Waals surface area (Å²) in [5, 5.41) is 6.05. The lowest BCUT2D eigenvalue weighted by Crippen LogP contribution is -2.45. The van der Waals surface area contributed by atoms with E-state index in [1.54, 1.807) is 20.2 Å². The molecule has 1 amide bonds. The van der Waals surface area contributed by atoms with Gasteiger partial charge in [0.25, 0.3) is 0 Å². The van der Waals surface area contributed by atoms with E-state index in [4.69, 9.17) is 4.74 Å². The van der Waals surface area contributed by atoms with E-state index in [9.17, 15) is 18.0 Å². The first kappa shape index (κ1) is 22.0. The number of nitrogens with one attached hydrogen (secondary N) is 2. The third-order valence-corrected chi connectivity index (χ3v) is 4.35. The molecule has 0 aliphatic carbocycles. The molecule has 1 aliphatic rings. The third-order valence-electron chi connectivity index (χ3n) is 4.35. The van der Waals surface area contributed by atoms with Gasteiger partial charge in [-0.05, 0) is 37.0 Å². The molecule has 1 aromatic rings. The lowest BCUT2D eigenvalue weighted by molar-refractivity contribution is -0.137. The second-order valence-electron chi connectivity index (χ2n) is 6.87. The Balaban J connectivity index is 2.02. The van der Waals surface area contributed by atoms with Crippen molar-refractivity contribution in [2.75, 3.05) is 33.8 Å². The molecule has 1 saturated heterocycles. The number of alkyl halides is 3. The van der Waals surface area contributed by atoms with Crippen LogP contribution in [0.2, 0.25) is 0 Å². The minimum Gasteiger partial charge on any atom is -0.376 e. The molecule has 0 saturated carbocycles. The number of carbonyl (C=O) groups excluding carboxylic acids is 1. The molecule has 1 aromatic carbocycles. The molecule has 28 heavy (non-hydrogen) atoms. The largest absolute Gasteiger partial charge is 0.416 e. The van der Waals surface area contributed by atoms with E-state index in [0.29, 0.717) is 18.1 Å². The molecule has 0 aromatic heterocycles. The van der Waals surface area contributed by atoms with Crippen molar-refractivity contribution in [1.82, 2.24) is 15.5 Å².